The lowest BCUT2D eigenvalue weighted by atomic mass is 9.93. The fourth-order valence-electron chi connectivity index (χ4n) is 4.01. The molecule has 2 aliphatic rings. The third kappa shape index (κ3) is 4.65. The third-order valence-corrected chi connectivity index (χ3v) is 5.99. The Morgan fingerprint density at radius 2 is 1.79 bits per heavy atom. The quantitative estimate of drug-likeness (QED) is 0.407. The molecule has 1 aromatic carbocycles. The van der Waals surface area contributed by atoms with Gasteiger partial charge in [-0.3, -0.25) is 0 Å². The molecule has 4 N–H and O–H groups in total. The van der Waals surface area contributed by atoms with Gasteiger partial charge in [-0.15, -0.1) is 0 Å². The molecular formula is C20H31NO7. The first kappa shape index (κ1) is 21.4. The summed E-state index contributed by atoms with van der Waals surface area (Å²) in [5, 5.41) is 52.5. The summed E-state index contributed by atoms with van der Waals surface area (Å²) in [5.74, 6) is 0.999. The summed E-state index contributed by atoms with van der Waals surface area (Å²) in [6.45, 7) is 3.01. The average molecular weight is 397 g/mol. The summed E-state index contributed by atoms with van der Waals surface area (Å²) in [6, 6.07) is 7.06. The summed E-state index contributed by atoms with van der Waals surface area (Å²) in [6.07, 6.45) is -3.81. The second kappa shape index (κ2) is 9.04. The zero-order chi connectivity index (χ0) is 20.3. The molecule has 8 heteroatoms. The molecule has 158 valence electrons. The van der Waals surface area contributed by atoms with Gasteiger partial charge in [-0.05, 0) is 30.9 Å². The Morgan fingerprint density at radius 1 is 1.11 bits per heavy atom. The number of hydroxylamine groups is 3. The monoisotopic (exact) mass is 397 g/mol. The van der Waals surface area contributed by atoms with Crippen molar-refractivity contribution in [1.82, 2.24) is 0 Å². The molecule has 0 radical (unpaired) electrons. The van der Waals surface area contributed by atoms with Crippen molar-refractivity contribution in [3.63, 3.8) is 0 Å². The van der Waals surface area contributed by atoms with E-state index in [9.17, 15) is 25.6 Å². The summed E-state index contributed by atoms with van der Waals surface area (Å²) in [7, 11) is 0. The number of aliphatic hydroxyl groups excluding tert-OH is 4. The maximum atomic E-state index is 13.2. The zero-order valence-electron chi connectivity index (χ0n) is 16.2. The number of rotatable bonds is 6. The van der Waals surface area contributed by atoms with Crippen LogP contribution >= 0.6 is 0 Å². The Morgan fingerprint density at radius 3 is 2.43 bits per heavy atom. The first-order valence-electron chi connectivity index (χ1n) is 9.99. The van der Waals surface area contributed by atoms with Crippen LogP contribution in [0.15, 0.2) is 24.3 Å². The van der Waals surface area contributed by atoms with Crippen LogP contribution in [0, 0.1) is 11.1 Å². The van der Waals surface area contributed by atoms with Gasteiger partial charge in [-0.1, -0.05) is 25.5 Å². The molecular weight excluding hydrogens is 366 g/mol. The molecule has 2 fully saturated rings. The lowest BCUT2D eigenvalue weighted by molar-refractivity contribution is -0.899. The number of benzene rings is 1. The number of likely N-dealkylation sites (tertiary alicyclic amines) is 1. The number of aliphatic hydroxyl groups is 4. The van der Waals surface area contributed by atoms with Gasteiger partial charge in [0.15, 0.2) is 0 Å². The molecule has 0 unspecified atom stereocenters. The minimum absolute atomic E-state index is 0.254. The van der Waals surface area contributed by atoms with Gasteiger partial charge in [-0.25, -0.2) is 0 Å². The van der Waals surface area contributed by atoms with Crippen LogP contribution < -0.4 is 4.74 Å². The van der Waals surface area contributed by atoms with Crippen molar-refractivity contribution in [1.29, 1.82) is 0 Å². The Balaban J connectivity index is 1.72. The van der Waals surface area contributed by atoms with Crippen molar-refractivity contribution in [2.24, 2.45) is 5.92 Å². The molecule has 2 aliphatic heterocycles. The van der Waals surface area contributed by atoms with Crippen molar-refractivity contribution >= 4 is 0 Å². The van der Waals surface area contributed by atoms with Gasteiger partial charge in [0.2, 0.25) is 6.29 Å². The van der Waals surface area contributed by atoms with E-state index in [0.29, 0.717) is 30.3 Å². The third-order valence-electron chi connectivity index (χ3n) is 5.99. The van der Waals surface area contributed by atoms with Crippen LogP contribution in [0.2, 0.25) is 0 Å². The number of hydrogen-bond acceptors (Lipinski definition) is 7. The summed E-state index contributed by atoms with van der Waals surface area (Å²) >= 11 is 0. The van der Waals surface area contributed by atoms with E-state index in [1.165, 1.54) is 0 Å². The molecule has 0 bridgehead atoms. The van der Waals surface area contributed by atoms with Gasteiger partial charge < -0.3 is 39.8 Å². The van der Waals surface area contributed by atoms with Gasteiger partial charge in [0.05, 0.1) is 19.7 Å². The standard InChI is InChI=1S/C20H31NO7/c1-2-13-7-9-21(26,10-8-13)11-14-5-3-4-6-15(14)27-20-19(25)18(24)17(23)16(12-22)28-20/h3-6,13,16-20,22-25H,2,7-12H2,1H3/t13?,16-,17-,18-,19+,20-,21?/m1/s1. The van der Waals surface area contributed by atoms with E-state index < -0.39 is 37.3 Å². The topological polar surface area (TPSA) is 122 Å². The highest BCUT2D eigenvalue weighted by molar-refractivity contribution is 5.33. The van der Waals surface area contributed by atoms with Crippen LogP contribution in [0.1, 0.15) is 31.7 Å². The molecule has 2 saturated heterocycles. The molecule has 28 heavy (non-hydrogen) atoms. The SMILES string of the molecule is CCC1CC[N+]([O-])(Cc2ccccc2O[C@@H]2O[C@H](CO)[C@@H](O)[C@@H](O)[C@@H]2O)CC1. The predicted molar refractivity (Wildman–Crippen MR) is 101 cm³/mol. The van der Waals surface area contributed by atoms with E-state index >= 15 is 0 Å². The van der Waals surface area contributed by atoms with Crippen molar-refractivity contribution < 1.29 is 34.5 Å². The Labute approximate surface area is 165 Å². The smallest absolute Gasteiger partial charge is 0.229 e. The number of nitrogens with zero attached hydrogens (tertiary/aromatic N) is 1. The van der Waals surface area contributed by atoms with Crippen LogP contribution in [0.3, 0.4) is 0 Å². The molecule has 3 rings (SSSR count). The van der Waals surface area contributed by atoms with E-state index in [2.05, 4.69) is 6.92 Å². The highest BCUT2D eigenvalue weighted by Gasteiger charge is 2.45. The predicted octanol–water partition coefficient (Wildman–Crippen LogP) is 0.500. The first-order chi connectivity index (χ1) is 13.4. The fourth-order valence-corrected chi connectivity index (χ4v) is 4.01. The largest absolute Gasteiger partial charge is 0.633 e. The molecule has 2 heterocycles. The Bertz CT molecular complexity index is 633. The lowest BCUT2D eigenvalue weighted by Crippen LogP contribution is -2.60. The van der Waals surface area contributed by atoms with Crippen LogP contribution in [0.5, 0.6) is 5.75 Å². The minimum atomic E-state index is -1.51. The second-order valence-corrected chi connectivity index (χ2v) is 7.94. The Kier molecular flexibility index (Phi) is 6.93. The summed E-state index contributed by atoms with van der Waals surface area (Å²) in [5.41, 5.74) is 0.699. The molecule has 0 spiro atoms. The van der Waals surface area contributed by atoms with Crippen LogP contribution in [-0.4, -0.2) is 75.5 Å². The molecule has 5 atom stereocenters. The Hall–Kier alpha value is -1.26. The minimum Gasteiger partial charge on any atom is -0.633 e. The van der Waals surface area contributed by atoms with Crippen molar-refractivity contribution in [3.8, 4) is 5.75 Å². The zero-order valence-corrected chi connectivity index (χ0v) is 16.2. The van der Waals surface area contributed by atoms with Crippen molar-refractivity contribution in [2.45, 2.75) is 63.4 Å². The maximum absolute atomic E-state index is 13.2. The summed E-state index contributed by atoms with van der Waals surface area (Å²) < 4.78 is 10.9. The van der Waals surface area contributed by atoms with Crippen LogP contribution in [0.25, 0.3) is 0 Å². The van der Waals surface area contributed by atoms with E-state index in [0.717, 1.165) is 19.3 Å². The highest BCUT2D eigenvalue weighted by Crippen LogP contribution is 2.31. The molecule has 0 aromatic heterocycles. The first-order valence-corrected chi connectivity index (χ1v) is 9.99. The molecule has 1 aromatic rings. The van der Waals surface area contributed by atoms with Gasteiger partial charge in [0, 0.05) is 5.56 Å². The van der Waals surface area contributed by atoms with Gasteiger partial charge in [0.1, 0.15) is 36.7 Å². The van der Waals surface area contributed by atoms with Crippen molar-refractivity contribution in [3.05, 3.63) is 35.0 Å². The molecule has 8 nitrogen and oxygen atoms in total. The number of piperidine rings is 1. The van der Waals surface area contributed by atoms with Crippen LogP contribution in [-0.2, 0) is 11.3 Å². The van der Waals surface area contributed by atoms with Crippen molar-refractivity contribution in [2.75, 3.05) is 19.7 Å². The van der Waals surface area contributed by atoms with E-state index in [1.54, 1.807) is 12.1 Å². The lowest BCUT2D eigenvalue weighted by Gasteiger charge is -2.47. The van der Waals surface area contributed by atoms with E-state index in [4.69, 9.17) is 9.47 Å². The highest BCUT2D eigenvalue weighted by atomic mass is 16.7. The van der Waals surface area contributed by atoms with E-state index in [-0.39, 0.29) is 11.2 Å². The second-order valence-electron chi connectivity index (χ2n) is 7.94. The number of para-hydroxylation sites is 1. The molecule has 0 saturated carbocycles. The normalized spacial score (nSPS) is 38.9. The number of ether oxygens (including phenoxy) is 2. The van der Waals surface area contributed by atoms with Gasteiger partial charge in [-0.2, -0.15) is 0 Å². The fraction of sp³-hybridized carbons (Fsp3) is 0.700. The number of quaternary nitrogens is 1. The molecule has 0 aliphatic carbocycles. The molecule has 0 amide bonds. The van der Waals surface area contributed by atoms with Gasteiger partial charge >= 0.3 is 0 Å². The average Bonchev–Trinajstić information content (AvgIpc) is 2.70. The van der Waals surface area contributed by atoms with E-state index in [1.807, 2.05) is 12.1 Å². The number of hydrogen-bond donors (Lipinski definition) is 4. The van der Waals surface area contributed by atoms with Gasteiger partial charge in [0.25, 0.3) is 0 Å². The maximum Gasteiger partial charge on any atom is 0.229 e. The summed E-state index contributed by atoms with van der Waals surface area (Å²) in [4.78, 5) is 0. The van der Waals surface area contributed by atoms with Crippen LogP contribution in [0.4, 0.5) is 0 Å².